The summed E-state index contributed by atoms with van der Waals surface area (Å²) in [6, 6.07) is 1.96. The minimum atomic E-state index is 0.804. The van der Waals surface area contributed by atoms with Gasteiger partial charge in [-0.25, -0.2) is 4.98 Å². The Hall–Kier alpha value is -1.20. The predicted molar refractivity (Wildman–Crippen MR) is 56.0 cm³/mol. The molecule has 0 amide bonds. The van der Waals surface area contributed by atoms with Crippen LogP contribution in [0.25, 0.3) is 0 Å². The second-order valence-corrected chi connectivity index (χ2v) is 4.01. The second kappa shape index (κ2) is 4.34. The van der Waals surface area contributed by atoms with E-state index in [2.05, 4.69) is 25.9 Å². The minimum Gasteiger partial charge on any atom is -0.305 e. The van der Waals surface area contributed by atoms with Crippen LogP contribution in [-0.4, -0.2) is 15.2 Å². The first-order chi connectivity index (χ1) is 6.84. The van der Waals surface area contributed by atoms with Crippen LogP contribution in [0.5, 0.6) is 0 Å². The summed E-state index contributed by atoms with van der Waals surface area (Å²) >= 11 is 1.69. The molecule has 2 rings (SSSR count). The average molecular weight is 208 g/mol. The Morgan fingerprint density at radius 2 is 2.43 bits per heavy atom. The van der Waals surface area contributed by atoms with E-state index in [0.717, 1.165) is 29.5 Å². The van der Waals surface area contributed by atoms with Gasteiger partial charge in [0.05, 0.1) is 0 Å². The smallest absolute Gasteiger partial charge is 0.107 e. The summed E-state index contributed by atoms with van der Waals surface area (Å²) in [7, 11) is 0. The van der Waals surface area contributed by atoms with Crippen molar-refractivity contribution in [3.8, 4) is 0 Å². The molecule has 0 aliphatic carbocycles. The lowest BCUT2D eigenvalue weighted by Crippen LogP contribution is -2.12. The molecule has 0 aliphatic rings. The summed E-state index contributed by atoms with van der Waals surface area (Å²) in [5, 5.41) is 13.3. The molecule has 0 fully saturated rings. The Morgan fingerprint density at radius 3 is 3.07 bits per heavy atom. The molecule has 4 nitrogen and oxygen atoms in total. The van der Waals surface area contributed by atoms with Crippen LogP contribution in [0, 0.1) is 6.92 Å². The lowest BCUT2D eigenvalue weighted by Gasteiger charge is -1.98. The SMILES string of the molecule is Cc1csc(CNCc2ccn[nH]2)n1. The number of aromatic amines is 1. The van der Waals surface area contributed by atoms with Gasteiger partial charge in [0.1, 0.15) is 5.01 Å². The maximum atomic E-state index is 4.36. The van der Waals surface area contributed by atoms with Gasteiger partial charge in [0, 0.05) is 36.1 Å². The third kappa shape index (κ3) is 2.40. The van der Waals surface area contributed by atoms with Crippen molar-refractivity contribution in [3.63, 3.8) is 0 Å². The van der Waals surface area contributed by atoms with E-state index in [4.69, 9.17) is 0 Å². The number of rotatable bonds is 4. The predicted octanol–water partition coefficient (Wildman–Crippen LogP) is 1.46. The highest BCUT2D eigenvalue weighted by molar-refractivity contribution is 7.09. The number of thiazole rings is 1. The summed E-state index contributed by atoms with van der Waals surface area (Å²) in [5.74, 6) is 0. The van der Waals surface area contributed by atoms with Gasteiger partial charge in [0.15, 0.2) is 0 Å². The third-order valence-corrected chi connectivity index (χ3v) is 2.78. The molecule has 74 valence electrons. The van der Waals surface area contributed by atoms with Gasteiger partial charge >= 0.3 is 0 Å². The van der Waals surface area contributed by atoms with E-state index in [0.29, 0.717) is 0 Å². The van der Waals surface area contributed by atoms with Gasteiger partial charge in [-0.05, 0) is 13.0 Å². The van der Waals surface area contributed by atoms with Gasteiger partial charge in [-0.2, -0.15) is 5.10 Å². The van der Waals surface area contributed by atoms with Crippen molar-refractivity contribution in [1.29, 1.82) is 0 Å². The zero-order valence-corrected chi connectivity index (χ0v) is 8.77. The van der Waals surface area contributed by atoms with Crippen molar-refractivity contribution in [2.75, 3.05) is 0 Å². The number of H-pyrrole nitrogens is 1. The first-order valence-corrected chi connectivity index (χ1v) is 5.32. The molecule has 0 bridgehead atoms. The van der Waals surface area contributed by atoms with Crippen molar-refractivity contribution < 1.29 is 0 Å². The van der Waals surface area contributed by atoms with Gasteiger partial charge < -0.3 is 5.32 Å². The molecule has 2 N–H and O–H groups in total. The first kappa shape index (κ1) is 9.36. The molecule has 2 aromatic heterocycles. The van der Waals surface area contributed by atoms with Gasteiger partial charge in [0.25, 0.3) is 0 Å². The van der Waals surface area contributed by atoms with Gasteiger partial charge in [-0.15, -0.1) is 11.3 Å². The molecule has 14 heavy (non-hydrogen) atoms. The standard InChI is InChI=1S/C9H12N4S/c1-7-6-14-9(12-7)5-10-4-8-2-3-11-13-8/h2-3,6,10H,4-5H2,1H3,(H,11,13). The zero-order valence-electron chi connectivity index (χ0n) is 7.95. The normalized spacial score (nSPS) is 10.6. The number of hydrogen-bond donors (Lipinski definition) is 2. The monoisotopic (exact) mass is 208 g/mol. The summed E-state index contributed by atoms with van der Waals surface area (Å²) in [5.41, 5.74) is 2.19. The average Bonchev–Trinajstić information content (AvgIpc) is 2.77. The fourth-order valence-corrected chi connectivity index (χ4v) is 1.91. The summed E-state index contributed by atoms with van der Waals surface area (Å²) < 4.78 is 0. The number of aryl methyl sites for hydroxylation is 1. The van der Waals surface area contributed by atoms with E-state index < -0.39 is 0 Å². The number of aromatic nitrogens is 3. The van der Waals surface area contributed by atoms with Crippen LogP contribution < -0.4 is 5.32 Å². The van der Waals surface area contributed by atoms with E-state index in [-0.39, 0.29) is 0 Å². The van der Waals surface area contributed by atoms with Crippen LogP contribution >= 0.6 is 11.3 Å². The van der Waals surface area contributed by atoms with Gasteiger partial charge in [-0.1, -0.05) is 0 Å². The highest BCUT2D eigenvalue weighted by atomic mass is 32.1. The van der Waals surface area contributed by atoms with Crippen LogP contribution in [0.1, 0.15) is 16.4 Å². The molecule has 0 saturated carbocycles. The second-order valence-electron chi connectivity index (χ2n) is 3.07. The fourth-order valence-electron chi connectivity index (χ4n) is 1.17. The maximum absolute atomic E-state index is 4.36. The van der Waals surface area contributed by atoms with Crippen LogP contribution in [0.4, 0.5) is 0 Å². The fraction of sp³-hybridized carbons (Fsp3) is 0.333. The highest BCUT2D eigenvalue weighted by Gasteiger charge is 1.98. The minimum absolute atomic E-state index is 0.804. The molecule has 0 radical (unpaired) electrons. The molecule has 0 atom stereocenters. The summed E-state index contributed by atoms with van der Waals surface area (Å²) in [4.78, 5) is 4.36. The van der Waals surface area contributed by atoms with Crippen molar-refractivity contribution in [2.45, 2.75) is 20.0 Å². The van der Waals surface area contributed by atoms with Crippen molar-refractivity contribution in [3.05, 3.63) is 34.0 Å². The quantitative estimate of drug-likeness (QED) is 0.800. The molecule has 2 aromatic rings. The zero-order chi connectivity index (χ0) is 9.80. The van der Waals surface area contributed by atoms with Crippen molar-refractivity contribution in [1.82, 2.24) is 20.5 Å². The topological polar surface area (TPSA) is 53.6 Å². The lowest BCUT2D eigenvalue weighted by molar-refractivity contribution is 0.673. The summed E-state index contributed by atoms with van der Waals surface area (Å²) in [6.07, 6.45) is 1.75. The number of nitrogens with one attached hydrogen (secondary N) is 2. The number of hydrogen-bond acceptors (Lipinski definition) is 4. The highest BCUT2D eigenvalue weighted by Crippen LogP contribution is 2.07. The van der Waals surface area contributed by atoms with Gasteiger partial charge in [-0.3, -0.25) is 5.10 Å². The molecule has 2 heterocycles. The maximum Gasteiger partial charge on any atom is 0.107 e. The van der Waals surface area contributed by atoms with E-state index >= 15 is 0 Å². The van der Waals surface area contributed by atoms with E-state index in [9.17, 15) is 0 Å². The Kier molecular flexibility index (Phi) is 2.90. The summed E-state index contributed by atoms with van der Waals surface area (Å²) in [6.45, 7) is 3.63. The molecule has 0 aromatic carbocycles. The largest absolute Gasteiger partial charge is 0.305 e. The Labute approximate surface area is 86.4 Å². The van der Waals surface area contributed by atoms with E-state index in [1.165, 1.54) is 0 Å². The molecule has 5 heteroatoms. The van der Waals surface area contributed by atoms with Crippen LogP contribution in [0.2, 0.25) is 0 Å². The number of nitrogens with zero attached hydrogens (tertiary/aromatic N) is 2. The van der Waals surface area contributed by atoms with Crippen LogP contribution in [0.15, 0.2) is 17.6 Å². The molecule has 0 spiro atoms. The third-order valence-electron chi connectivity index (χ3n) is 1.82. The van der Waals surface area contributed by atoms with Gasteiger partial charge in [0.2, 0.25) is 0 Å². The lowest BCUT2D eigenvalue weighted by atomic mass is 10.4. The van der Waals surface area contributed by atoms with Crippen molar-refractivity contribution in [2.24, 2.45) is 0 Å². The van der Waals surface area contributed by atoms with E-state index in [1.807, 2.05) is 13.0 Å². The Bertz CT molecular complexity index is 379. The molecular formula is C9H12N4S. The molecule has 0 saturated heterocycles. The van der Waals surface area contributed by atoms with E-state index in [1.54, 1.807) is 17.5 Å². The first-order valence-electron chi connectivity index (χ1n) is 4.44. The molecule has 0 unspecified atom stereocenters. The Balaban J connectivity index is 1.78. The Morgan fingerprint density at radius 1 is 1.50 bits per heavy atom. The van der Waals surface area contributed by atoms with Crippen LogP contribution in [0.3, 0.4) is 0 Å². The van der Waals surface area contributed by atoms with Crippen molar-refractivity contribution >= 4 is 11.3 Å². The van der Waals surface area contributed by atoms with Crippen LogP contribution in [-0.2, 0) is 13.1 Å². The molecule has 0 aliphatic heterocycles. The molecular weight excluding hydrogens is 196 g/mol.